The Hall–Kier alpha value is -4.32. The molecule has 9 heteroatoms. The fourth-order valence-corrected chi connectivity index (χ4v) is 4.37. The van der Waals surface area contributed by atoms with Gasteiger partial charge < -0.3 is 25.0 Å². The van der Waals surface area contributed by atoms with Gasteiger partial charge in [-0.25, -0.2) is 4.79 Å². The SMILES string of the molecule is C#Cc1ccc(C(C(=O)NCCC(=O)OCC)N(C(=O)C(Cc2ccccc2)NC(=O)OC(C)(C)C)C2CC2)cc1. The van der Waals surface area contributed by atoms with Crippen molar-refractivity contribution in [2.24, 2.45) is 0 Å². The number of rotatable bonds is 12. The number of alkyl carbamates (subject to hydrolysis) is 1. The van der Waals surface area contributed by atoms with Crippen molar-refractivity contribution in [1.82, 2.24) is 15.5 Å². The van der Waals surface area contributed by atoms with Crippen molar-refractivity contribution in [3.63, 3.8) is 0 Å². The van der Waals surface area contributed by atoms with Crippen LogP contribution in [0.3, 0.4) is 0 Å². The molecule has 0 aromatic heterocycles. The van der Waals surface area contributed by atoms with Gasteiger partial charge in [0.25, 0.3) is 0 Å². The zero-order valence-electron chi connectivity index (χ0n) is 24.1. The first-order valence-electron chi connectivity index (χ1n) is 13.9. The molecule has 0 bridgehead atoms. The standard InChI is InChI=1S/C32H39N3O6/c1-6-22-13-15-24(16-14-22)28(29(37)33-20-19-27(36)40-7-2)35(25-17-18-25)30(38)26(21-23-11-9-8-10-12-23)34-31(39)41-32(3,4)5/h1,8-16,25-26,28H,7,17-21H2,2-5H3,(H,33,37)(H,34,39). The molecule has 218 valence electrons. The molecular formula is C32H39N3O6. The van der Waals surface area contributed by atoms with E-state index in [-0.39, 0.29) is 32.0 Å². The lowest BCUT2D eigenvalue weighted by molar-refractivity contribution is -0.144. The highest BCUT2D eigenvalue weighted by Crippen LogP contribution is 2.36. The summed E-state index contributed by atoms with van der Waals surface area (Å²) in [5, 5.41) is 5.54. The molecule has 0 radical (unpaired) electrons. The topological polar surface area (TPSA) is 114 Å². The van der Waals surface area contributed by atoms with Crippen molar-refractivity contribution in [3.8, 4) is 12.3 Å². The summed E-state index contributed by atoms with van der Waals surface area (Å²) in [7, 11) is 0. The second-order valence-electron chi connectivity index (χ2n) is 10.9. The van der Waals surface area contributed by atoms with Crippen molar-refractivity contribution in [2.45, 2.75) is 77.1 Å². The van der Waals surface area contributed by atoms with Gasteiger partial charge in [-0.05, 0) is 63.8 Å². The van der Waals surface area contributed by atoms with E-state index in [1.807, 2.05) is 30.3 Å². The van der Waals surface area contributed by atoms with Crippen LogP contribution in [0.4, 0.5) is 4.79 Å². The Balaban J connectivity index is 1.95. The van der Waals surface area contributed by atoms with E-state index in [9.17, 15) is 19.2 Å². The summed E-state index contributed by atoms with van der Waals surface area (Å²) in [6.45, 7) is 7.23. The fourth-order valence-electron chi connectivity index (χ4n) is 4.37. The predicted octanol–water partition coefficient (Wildman–Crippen LogP) is 3.91. The molecule has 1 aliphatic rings. The van der Waals surface area contributed by atoms with Crippen LogP contribution in [-0.2, 0) is 30.3 Å². The maximum Gasteiger partial charge on any atom is 0.408 e. The molecule has 0 heterocycles. The Bertz CT molecular complexity index is 1240. The minimum absolute atomic E-state index is 0.00343. The van der Waals surface area contributed by atoms with Crippen molar-refractivity contribution in [2.75, 3.05) is 13.2 Å². The summed E-state index contributed by atoms with van der Waals surface area (Å²) in [5.41, 5.74) is 1.27. The minimum Gasteiger partial charge on any atom is -0.466 e. The Morgan fingerprint density at radius 2 is 1.71 bits per heavy atom. The number of esters is 1. The van der Waals surface area contributed by atoms with Crippen molar-refractivity contribution in [1.29, 1.82) is 0 Å². The zero-order valence-corrected chi connectivity index (χ0v) is 24.1. The summed E-state index contributed by atoms with van der Waals surface area (Å²) in [5.74, 6) is 1.28. The van der Waals surface area contributed by atoms with Crippen LogP contribution in [0, 0.1) is 12.3 Å². The van der Waals surface area contributed by atoms with Crippen LogP contribution in [-0.4, -0.2) is 59.6 Å². The smallest absolute Gasteiger partial charge is 0.408 e. The van der Waals surface area contributed by atoms with Crippen LogP contribution in [0.5, 0.6) is 0 Å². The largest absolute Gasteiger partial charge is 0.466 e. The summed E-state index contributed by atoms with van der Waals surface area (Å²) < 4.78 is 10.4. The molecule has 3 amide bonds. The maximum atomic E-state index is 14.3. The predicted molar refractivity (Wildman–Crippen MR) is 155 cm³/mol. The minimum atomic E-state index is -1.01. The average Bonchev–Trinajstić information content (AvgIpc) is 3.76. The van der Waals surface area contributed by atoms with Gasteiger partial charge in [0.1, 0.15) is 17.7 Å². The molecule has 0 spiro atoms. The normalized spacial score (nSPS) is 14.1. The zero-order chi connectivity index (χ0) is 30.0. The highest BCUT2D eigenvalue weighted by atomic mass is 16.6. The third-order valence-electron chi connectivity index (χ3n) is 6.32. The average molecular weight is 562 g/mol. The summed E-state index contributed by atoms with van der Waals surface area (Å²) in [6.07, 6.45) is 6.44. The van der Waals surface area contributed by atoms with Gasteiger partial charge in [-0.1, -0.05) is 48.4 Å². The molecule has 2 aromatic carbocycles. The first kappa shape index (κ1) is 31.2. The molecule has 1 saturated carbocycles. The number of nitrogens with one attached hydrogen (secondary N) is 2. The third-order valence-corrected chi connectivity index (χ3v) is 6.32. The maximum absolute atomic E-state index is 14.3. The van der Waals surface area contributed by atoms with Gasteiger partial charge in [-0.15, -0.1) is 6.42 Å². The van der Waals surface area contributed by atoms with Crippen molar-refractivity contribution < 1.29 is 28.7 Å². The number of benzene rings is 2. The summed E-state index contributed by atoms with van der Waals surface area (Å²) >= 11 is 0. The molecule has 1 fully saturated rings. The van der Waals surface area contributed by atoms with Crippen LogP contribution in [0.1, 0.15) is 69.7 Å². The van der Waals surface area contributed by atoms with Crippen LogP contribution >= 0.6 is 0 Å². The third kappa shape index (κ3) is 9.67. The second kappa shape index (κ2) is 14.4. The van der Waals surface area contributed by atoms with Crippen LogP contribution in [0.25, 0.3) is 0 Å². The lowest BCUT2D eigenvalue weighted by atomic mass is 9.99. The number of ether oxygens (including phenoxy) is 2. The quantitative estimate of drug-likeness (QED) is 0.300. The van der Waals surface area contributed by atoms with Gasteiger partial charge >= 0.3 is 12.1 Å². The molecule has 2 aromatic rings. The number of carbonyl (C=O) groups is 4. The summed E-state index contributed by atoms with van der Waals surface area (Å²) in [6, 6.07) is 14.0. The van der Waals surface area contributed by atoms with E-state index >= 15 is 0 Å². The number of carbonyl (C=O) groups excluding carboxylic acids is 4. The lowest BCUT2D eigenvalue weighted by Crippen LogP contribution is -2.54. The van der Waals surface area contributed by atoms with Gasteiger partial charge in [0.05, 0.1) is 13.0 Å². The number of terminal acetylenes is 1. The molecule has 9 nitrogen and oxygen atoms in total. The van der Waals surface area contributed by atoms with E-state index in [4.69, 9.17) is 15.9 Å². The Morgan fingerprint density at radius 3 is 2.27 bits per heavy atom. The van der Waals surface area contributed by atoms with E-state index in [0.29, 0.717) is 24.0 Å². The second-order valence-corrected chi connectivity index (χ2v) is 10.9. The van der Waals surface area contributed by atoms with Crippen LogP contribution in [0.15, 0.2) is 54.6 Å². The molecule has 0 saturated heterocycles. The van der Waals surface area contributed by atoms with E-state index in [1.165, 1.54) is 0 Å². The van der Waals surface area contributed by atoms with E-state index in [2.05, 4.69) is 16.6 Å². The van der Waals surface area contributed by atoms with Gasteiger partial charge in [0, 0.05) is 24.6 Å². The van der Waals surface area contributed by atoms with E-state index < -0.39 is 41.6 Å². The molecule has 41 heavy (non-hydrogen) atoms. The van der Waals surface area contributed by atoms with E-state index in [0.717, 1.165) is 5.56 Å². The molecule has 0 aliphatic heterocycles. The number of hydrogen-bond donors (Lipinski definition) is 2. The number of nitrogens with zero attached hydrogens (tertiary/aromatic N) is 1. The van der Waals surface area contributed by atoms with Gasteiger partial charge in [-0.2, -0.15) is 0 Å². The molecule has 3 rings (SSSR count). The van der Waals surface area contributed by atoms with Crippen molar-refractivity contribution in [3.05, 3.63) is 71.3 Å². The first-order chi connectivity index (χ1) is 19.5. The Labute approximate surface area is 242 Å². The Kier molecular flexibility index (Phi) is 10.9. The van der Waals surface area contributed by atoms with Crippen LogP contribution < -0.4 is 10.6 Å². The monoisotopic (exact) mass is 561 g/mol. The fraction of sp³-hybridized carbons (Fsp3) is 0.438. The van der Waals surface area contributed by atoms with Gasteiger partial charge in [0.15, 0.2) is 0 Å². The highest BCUT2D eigenvalue weighted by Gasteiger charge is 2.44. The lowest BCUT2D eigenvalue weighted by Gasteiger charge is -2.35. The molecule has 2 atom stereocenters. The summed E-state index contributed by atoms with van der Waals surface area (Å²) in [4.78, 5) is 54.2. The molecule has 2 unspecified atom stereocenters. The van der Waals surface area contributed by atoms with Gasteiger partial charge in [-0.3, -0.25) is 14.4 Å². The van der Waals surface area contributed by atoms with Crippen LogP contribution in [0.2, 0.25) is 0 Å². The van der Waals surface area contributed by atoms with E-state index in [1.54, 1.807) is 56.9 Å². The molecule has 1 aliphatic carbocycles. The van der Waals surface area contributed by atoms with Gasteiger partial charge in [0.2, 0.25) is 11.8 Å². The number of amides is 3. The molecular weight excluding hydrogens is 522 g/mol. The van der Waals surface area contributed by atoms with Crippen molar-refractivity contribution >= 4 is 23.9 Å². The molecule has 2 N–H and O–H groups in total. The Morgan fingerprint density at radius 1 is 1.05 bits per heavy atom. The highest BCUT2D eigenvalue weighted by molar-refractivity contribution is 5.93. The number of hydrogen-bond acceptors (Lipinski definition) is 6. The first-order valence-corrected chi connectivity index (χ1v) is 13.9.